The molecular weight excluding hydrogens is 302 g/mol. The number of aromatic nitrogens is 4. The molecule has 0 aromatic carbocycles. The second-order valence-corrected chi connectivity index (χ2v) is 5.91. The van der Waals surface area contributed by atoms with Gasteiger partial charge in [0, 0.05) is 0 Å². The van der Waals surface area contributed by atoms with E-state index in [9.17, 15) is 15.1 Å². The van der Waals surface area contributed by atoms with Crippen LogP contribution in [-0.4, -0.2) is 48.0 Å². The van der Waals surface area contributed by atoms with Gasteiger partial charge in [0.2, 0.25) is 5.82 Å². The van der Waals surface area contributed by atoms with Crippen LogP contribution in [-0.2, 0) is 4.74 Å². The Kier molecular flexibility index (Phi) is 3.71. The molecule has 0 spiro atoms. The summed E-state index contributed by atoms with van der Waals surface area (Å²) in [6, 6.07) is 0. The first-order valence-electron chi connectivity index (χ1n) is 7.06. The molecule has 1 aliphatic rings. The minimum atomic E-state index is -1.14. The van der Waals surface area contributed by atoms with Crippen molar-refractivity contribution in [2.45, 2.75) is 31.8 Å². The van der Waals surface area contributed by atoms with Crippen molar-refractivity contribution < 1.29 is 14.9 Å². The third-order valence-electron chi connectivity index (χ3n) is 4.25. The summed E-state index contributed by atoms with van der Waals surface area (Å²) in [7, 11) is 0. The lowest BCUT2D eigenvalue weighted by molar-refractivity contribution is -0.115. The van der Waals surface area contributed by atoms with Crippen molar-refractivity contribution in [3.05, 3.63) is 29.7 Å². The van der Waals surface area contributed by atoms with E-state index in [2.05, 4.69) is 26.7 Å². The Morgan fingerprint density at radius 2 is 2.26 bits per heavy atom. The Morgan fingerprint density at radius 3 is 2.87 bits per heavy atom. The van der Waals surface area contributed by atoms with Crippen LogP contribution in [0.15, 0.2) is 30.0 Å². The predicted molar refractivity (Wildman–Crippen MR) is 80.7 cm³/mol. The Balaban J connectivity index is 2.13. The number of hydrogen-bond acceptors (Lipinski definition) is 8. The van der Waals surface area contributed by atoms with E-state index >= 15 is 0 Å². The van der Waals surface area contributed by atoms with E-state index in [1.54, 1.807) is 18.4 Å². The minimum absolute atomic E-state index is 0.0657. The summed E-state index contributed by atoms with van der Waals surface area (Å²) in [6.45, 7) is 6.96. The molecule has 9 nitrogen and oxygen atoms in total. The highest BCUT2D eigenvalue weighted by atomic mass is 16.6. The fourth-order valence-electron chi connectivity index (χ4n) is 2.92. The molecule has 0 unspecified atom stereocenters. The van der Waals surface area contributed by atoms with Crippen molar-refractivity contribution in [1.29, 1.82) is 0 Å². The molecule has 0 bridgehead atoms. The molecule has 0 aliphatic carbocycles. The van der Waals surface area contributed by atoms with Crippen LogP contribution in [0.3, 0.4) is 0 Å². The van der Waals surface area contributed by atoms with Gasteiger partial charge >= 0.3 is 0 Å². The van der Waals surface area contributed by atoms with Crippen molar-refractivity contribution >= 4 is 17.0 Å². The molecule has 122 valence electrons. The third kappa shape index (κ3) is 2.24. The van der Waals surface area contributed by atoms with Gasteiger partial charge in [-0.3, -0.25) is 4.57 Å². The molecule has 23 heavy (non-hydrogen) atoms. The highest BCUT2D eigenvalue weighted by molar-refractivity contribution is 5.80. The molecule has 0 radical (unpaired) electrons. The highest BCUT2D eigenvalue weighted by Gasteiger charge is 2.52. The number of imidazole rings is 1. The lowest BCUT2D eigenvalue weighted by Crippen LogP contribution is -2.42. The van der Waals surface area contributed by atoms with E-state index < -0.39 is 23.9 Å². The average Bonchev–Trinajstić information content (AvgIpc) is 3.07. The van der Waals surface area contributed by atoms with Crippen LogP contribution >= 0.6 is 0 Å². The van der Waals surface area contributed by atoms with Crippen molar-refractivity contribution in [2.75, 3.05) is 6.61 Å². The maximum Gasteiger partial charge on any atom is 0.227 e. The van der Waals surface area contributed by atoms with Gasteiger partial charge in [0.05, 0.1) is 25.0 Å². The summed E-state index contributed by atoms with van der Waals surface area (Å²) in [6.07, 6.45) is 1.05. The van der Waals surface area contributed by atoms with Gasteiger partial charge in [-0.1, -0.05) is 12.2 Å². The largest absolute Gasteiger partial charge is 0.393 e. The van der Waals surface area contributed by atoms with Gasteiger partial charge in [-0.15, -0.1) is 4.91 Å². The standard InChI is InChI=1S/C14H17N5O4/c1-7(2)8-10(21)14(3,4-20)23-13(8)19-6-17-9-11(18-22)15-5-16-12(9)19/h5-6,8,10,13,20-21H,1,4H2,2-3H3/t8-,10-,13+,14+/m0/s1. The monoisotopic (exact) mass is 319 g/mol. The lowest BCUT2D eigenvalue weighted by atomic mass is 9.87. The molecule has 2 aromatic heterocycles. The van der Waals surface area contributed by atoms with Crippen LogP contribution in [0.25, 0.3) is 11.2 Å². The van der Waals surface area contributed by atoms with Crippen molar-refractivity contribution in [3.63, 3.8) is 0 Å². The summed E-state index contributed by atoms with van der Waals surface area (Å²) in [4.78, 5) is 22.8. The van der Waals surface area contributed by atoms with Gasteiger partial charge in [-0.2, -0.15) is 0 Å². The first-order chi connectivity index (χ1) is 10.9. The van der Waals surface area contributed by atoms with Crippen LogP contribution in [0.4, 0.5) is 5.82 Å². The first kappa shape index (κ1) is 15.7. The van der Waals surface area contributed by atoms with Crippen LogP contribution < -0.4 is 0 Å². The zero-order chi connectivity index (χ0) is 16.8. The topological polar surface area (TPSA) is 123 Å². The van der Waals surface area contributed by atoms with Gasteiger partial charge in [-0.05, 0) is 19.0 Å². The Morgan fingerprint density at radius 1 is 1.52 bits per heavy atom. The van der Waals surface area contributed by atoms with Crippen LogP contribution in [0.1, 0.15) is 20.1 Å². The van der Waals surface area contributed by atoms with Crippen LogP contribution in [0.5, 0.6) is 0 Å². The summed E-state index contributed by atoms with van der Waals surface area (Å²) in [5.74, 6) is -0.531. The minimum Gasteiger partial charge on any atom is -0.393 e. The summed E-state index contributed by atoms with van der Waals surface area (Å²) >= 11 is 0. The van der Waals surface area contributed by atoms with Gasteiger partial charge in [-0.25, -0.2) is 15.0 Å². The number of nitroso groups, excluding NO2 is 1. The number of aliphatic hydroxyl groups is 2. The molecule has 0 amide bonds. The smallest absolute Gasteiger partial charge is 0.227 e. The first-order valence-corrected chi connectivity index (χ1v) is 7.06. The Bertz CT molecular complexity index is 776. The Hall–Kier alpha value is -2.23. The fraction of sp³-hybridized carbons (Fsp3) is 0.500. The molecule has 9 heteroatoms. The zero-order valence-electron chi connectivity index (χ0n) is 12.7. The molecule has 3 heterocycles. The van der Waals surface area contributed by atoms with E-state index in [0.717, 1.165) is 0 Å². The van der Waals surface area contributed by atoms with Crippen LogP contribution in [0, 0.1) is 10.8 Å². The average molecular weight is 319 g/mol. The molecule has 4 atom stereocenters. The van der Waals surface area contributed by atoms with Crippen molar-refractivity contribution in [2.24, 2.45) is 11.1 Å². The number of hydrogen-bond donors (Lipinski definition) is 2. The summed E-state index contributed by atoms with van der Waals surface area (Å²) in [5.41, 5.74) is 0.173. The van der Waals surface area contributed by atoms with E-state index in [4.69, 9.17) is 4.74 Å². The number of nitrogens with zero attached hydrogens (tertiary/aromatic N) is 5. The maximum atomic E-state index is 10.8. The summed E-state index contributed by atoms with van der Waals surface area (Å²) < 4.78 is 7.50. The molecule has 1 saturated heterocycles. The lowest BCUT2D eigenvalue weighted by Gasteiger charge is -2.25. The molecule has 1 fully saturated rings. The van der Waals surface area contributed by atoms with Gasteiger partial charge in [0.15, 0.2) is 11.2 Å². The normalized spacial score (nSPS) is 30.7. The third-order valence-corrected chi connectivity index (χ3v) is 4.25. The summed E-state index contributed by atoms with van der Waals surface area (Å²) in [5, 5.41) is 23.0. The highest BCUT2D eigenvalue weighted by Crippen LogP contribution is 2.45. The zero-order valence-corrected chi connectivity index (χ0v) is 12.7. The molecule has 1 aliphatic heterocycles. The molecule has 0 saturated carbocycles. The van der Waals surface area contributed by atoms with E-state index in [0.29, 0.717) is 11.2 Å². The second-order valence-electron chi connectivity index (χ2n) is 5.91. The number of ether oxygens (including phenoxy) is 1. The van der Waals surface area contributed by atoms with E-state index in [-0.39, 0.29) is 17.9 Å². The van der Waals surface area contributed by atoms with Gasteiger partial charge < -0.3 is 14.9 Å². The predicted octanol–water partition coefficient (Wildman–Crippen LogP) is 1.06. The number of rotatable bonds is 4. The quantitative estimate of drug-likeness (QED) is 0.638. The Labute approximate surface area is 131 Å². The molecule has 2 aromatic rings. The molecule has 2 N–H and O–H groups in total. The SMILES string of the molecule is C=C(C)[C@@H]1[C@H](n2cnc3c(N=O)ncnc32)O[C@](C)(CO)[C@H]1O. The number of aliphatic hydroxyl groups excluding tert-OH is 2. The maximum absolute atomic E-state index is 10.8. The van der Waals surface area contributed by atoms with Gasteiger partial charge in [0.1, 0.15) is 18.2 Å². The fourth-order valence-corrected chi connectivity index (χ4v) is 2.92. The second kappa shape index (κ2) is 5.44. The van der Waals surface area contributed by atoms with Crippen molar-refractivity contribution in [1.82, 2.24) is 19.5 Å². The van der Waals surface area contributed by atoms with Gasteiger partial charge in [0.25, 0.3) is 0 Å². The van der Waals surface area contributed by atoms with Crippen LogP contribution in [0.2, 0.25) is 0 Å². The number of fused-ring (bicyclic) bond motifs is 1. The van der Waals surface area contributed by atoms with Crippen molar-refractivity contribution in [3.8, 4) is 0 Å². The molecular formula is C14H17N5O4. The molecule has 3 rings (SSSR count). The van der Waals surface area contributed by atoms with E-state index in [1.807, 2.05) is 0 Å². The van der Waals surface area contributed by atoms with E-state index in [1.165, 1.54) is 12.7 Å².